The van der Waals surface area contributed by atoms with E-state index in [9.17, 15) is 0 Å². The smallest absolute Gasteiger partial charge is 0.146 e. The zero-order valence-corrected chi connectivity index (χ0v) is 12.2. The lowest BCUT2D eigenvalue weighted by atomic mass is 10.2. The van der Waals surface area contributed by atoms with Crippen LogP contribution < -0.4 is 11.1 Å². The highest BCUT2D eigenvalue weighted by Gasteiger charge is 2.15. The number of hydrogen-bond donors (Lipinski definition) is 2. The Bertz CT molecular complexity index is 601. The molecule has 0 radical (unpaired) electrons. The first-order valence-corrected chi connectivity index (χ1v) is 7.42. The third-order valence-corrected chi connectivity index (χ3v) is 4.78. The second-order valence-electron chi connectivity index (χ2n) is 5.01. The average Bonchev–Trinajstić information content (AvgIpc) is 2.66. The van der Waals surface area contributed by atoms with Gasteiger partial charge in [0.1, 0.15) is 16.5 Å². The van der Waals surface area contributed by atoms with Gasteiger partial charge in [0.25, 0.3) is 0 Å². The van der Waals surface area contributed by atoms with Crippen LogP contribution in [0.25, 0.3) is 10.2 Å². The van der Waals surface area contributed by atoms with Crippen molar-refractivity contribution in [3.63, 3.8) is 0 Å². The number of aryl methyl sites for hydroxylation is 2. The number of aromatic nitrogens is 2. The largest absolute Gasteiger partial charge is 0.383 e. The number of fused-ring (bicyclic) bond motifs is 1. The lowest BCUT2D eigenvalue weighted by molar-refractivity contribution is 0.228. The van der Waals surface area contributed by atoms with Crippen molar-refractivity contribution in [2.24, 2.45) is 0 Å². The molecule has 1 aliphatic heterocycles. The zero-order valence-electron chi connectivity index (χ0n) is 11.4. The Morgan fingerprint density at radius 1 is 1.26 bits per heavy atom. The lowest BCUT2D eigenvalue weighted by Gasteiger charge is -2.26. The van der Waals surface area contributed by atoms with Crippen LogP contribution in [0.2, 0.25) is 0 Å². The predicted molar refractivity (Wildman–Crippen MR) is 79.4 cm³/mol. The molecular formula is C13H19N5S. The number of thiophene rings is 1. The van der Waals surface area contributed by atoms with Crippen molar-refractivity contribution in [2.75, 3.05) is 31.9 Å². The van der Waals surface area contributed by atoms with Gasteiger partial charge in [0.2, 0.25) is 0 Å². The van der Waals surface area contributed by atoms with Crippen molar-refractivity contribution < 1.29 is 0 Å². The Balaban J connectivity index is 1.92. The van der Waals surface area contributed by atoms with E-state index in [1.165, 1.54) is 10.4 Å². The summed E-state index contributed by atoms with van der Waals surface area (Å²) in [6, 6.07) is 0. The summed E-state index contributed by atoms with van der Waals surface area (Å²) in [5.41, 5.74) is 7.32. The van der Waals surface area contributed by atoms with Crippen molar-refractivity contribution in [1.82, 2.24) is 20.2 Å². The van der Waals surface area contributed by atoms with Crippen molar-refractivity contribution in [3.05, 3.63) is 16.3 Å². The molecule has 0 bridgehead atoms. The number of rotatable bonds is 2. The van der Waals surface area contributed by atoms with Gasteiger partial charge < -0.3 is 11.1 Å². The summed E-state index contributed by atoms with van der Waals surface area (Å²) in [7, 11) is 0. The molecular weight excluding hydrogens is 258 g/mol. The molecule has 0 saturated carbocycles. The molecule has 3 rings (SSSR count). The van der Waals surface area contributed by atoms with Gasteiger partial charge in [-0.2, -0.15) is 0 Å². The molecule has 5 nitrogen and oxygen atoms in total. The number of hydrogen-bond acceptors (Lipinski definition) is 6. The van der Waals surface area contributed by atoms with Gasteiger partial charge in [-0.3, -0.25) is 4.90 Å². The van der Waals surface area contributed by atoms with E-state index >= 15 is 0 Å². The van der Waals surface area contributed by atoms with Gasteiger partial charge in [-0.05, 0) is 19.4 Å². The highest BCUT2D eigenvalue weighted by molar-refractivity contribution is 7.18. The van der Waals surface area contributed by atoms with Gasteiger partial charge in [0, 0.05) is 31.1 Å². The third-order valence-electron chi connectivity index (χ3n) is 3.68. The molecule has 102 valence electrons. The molecule has 0 unspecified atom stereocenters. The van der Waals surface area contributed by atoms with Crippen LogP contribution in [0.1, 0.15) is 16.3 Å². The minimum Gasteiger partial charge on any atom is -0.383 e. The van der Waals surface area contributed by atoms with Gasteiger partial charge in [-0.1, -0.05) is 0 Å². The molecule has 2 aromatic heterocycles. The van der Waals surface area contributed by atoms with Crippen molar-refractivity contribution in [3.8, 4) is 0 Å². The highest BCUT2D eigenvalue weighted by Crippen LogP contribution is 2.31. The Labute approximate surface area is 116 Å². The molecule has 1 aliphatic rings. The fourth-order valence-electron chi connectivity index (χ4n) is 2.47. The van der Waals surface area contributed by atoms with E-state index in [1.54, 1.807) is 11.3 Å². The van der Waals surface area contributed by atoms with Gasteiger partial charge >= 0.3 is 0 Å². The first kappa shape index (κ1) is 12.8. The van der Waals surface area contributed by atoms with Crippen LogP contribution in [0.4, 0.5) is 5.82 Å². The minimum absolute atomic E-state index is 0.622. The van der Waals surface area contributed by atoms with Gasteiger partial charge in [-0.15, -0.1) is 11.3 Å². The molecule has 1 fully saturated rings. The normalized spacial score (nSPS) is 17.2. The van der Waals surface area contributed by atoms with E-state index in [1.807, 2.05) is 0 Å². The molecule has 6 heteroatoms. The van der Waals surface area contributed by atoms with Gasteiger partial charge in [-0.25, -0.2) is 9.97 Å². The maximum atomic E-state index is 6.10. The van der Waals surface area contributed by atoms with Crippen LogP contribution >= 0.6 is 11.3 Å². The minimum atomic E-state index is 0.622. The highest BCUT2D eigenvalue weighted by atomic mass is 32.1. The SMILES string of the molecule is Cc1sc2nc(CN3CCNCC3)nc(N)c2c1C. The molecule has 2 aromatic rings. The second-order valence-corrected chi connectivity index (χ2v) is 6.22. The fraction of sp³-hybridized carbons (Fsp3) is 0.538. The topological polar surface area (TPSA) is 67.1 Å². The van der Waals surface area contributed by atoms with E-state index in [0.717, 1.165) is 48.8 Å². The maximum Gasteiger partial charge on any atom is 0.146 e. The summed E-state index contributed by atoms with van der Waals surface area (Å²) in [5, 5.41) is 4.38. The molecule has 1 saturated heterocycles. The fourth-order valence-corrected chi connectivity index (χ4v) is 3.52. The van der Waals surface area contributed by atoms with Crippen LogP contribution in [-0.2, 0) is 6.54 Å². The summed E-state index contributed by atoms with van der Waals surface area (Å²) in [6.07, 6.45) is 0. The van der Waals surface area contributed by atoms with Gasteiger partial charge in [0.05, 0.1) is 11.9 Å². The standard InChI is InChI=1S/C13H19N5S/c1-8-9(2)19-13-11(8)12(14)16-10(17-13)7-18-5-3-15-4-6-18/h15H,3-7H2,1-2H3,(H2,14,16,17). The number of piperazine rings is 1. The first-order valence-electron chi connectivity index (χ1n) is 6.60. The first-order chi connectivity index (χ1) is 9.15. The van der Waals surface area contributed by atoms with E-state index in [4.69, 9.17) is 5.73 Å². The molecule has 19 heavy (non-hydrogen) atoms. The third kappa shape index (κ3) is 2.43. The molecule has 0 aliphatic carbocycles. The van der Waals surface area contributed by atoms with Crippen LogP contribution in [-0.4, -0.2) is 41.0 Å². The van der Waals surface area contributed by atoms with E-state index in [2.05, 4.69) is 34.0 Å². The lowest BCUT2D eigenvalue weighted by Crippen LogP contribution is -2.43. The summed E-state index contributed by atoms with van der Waals surface area (Å²) < 4.78 is 0. The number of anilines is 1. The monoisotopic (exact) mass is 277 g/mol. The van der Waals surface area contributed by atoms with Crippen molar-refractivity contribution in [2.45, 2.75) is 20.4 Å². The predicted octanol–water partition coefficient (Wildman–Crippen LogP) is 1.30. The average molecular weight is 277 g/mol. The Morgan fingerprint density at radius 3 is 2.74 bits per heavy atom. The van der Waals surface area contributed by atoms with Crippen LogP contribution in [0.3, 0.4) is 0 Å². The Morgan fingerprint density at radius 2 is 2.00 bits per heavy atom. The molecule has 0 amide bonds. The van der Waals surface area contributed by atoms with Crippen LogP contribution in [0, 0.1) is 13.8 Å². The number of nitrogens with one attached hydrogen (secondary N) is 1. The number of nitrogen functional groups attached to an aromatic ring is 1. The summed E-state index contributed by atoms with van der Waals surface area (Å²) >= 11 is 1.71. The summed E-state index contributed by atoms with van der Waals surface area (Å²) in [5.74, 6) is 1.46. The number of nitrogens with two attached hydrogens (primary N) is 1. The molecule has 0 atom stereocenters. The molecule has 0 spiro atoms. The summed E-state index contributed by atoms with van der Waals surface area (Å²) in [4.78, 5) is 13.8. The Hall–Kier alpha value is -1.24. The Kier molecular flexibility index (Phi) is 3.38. The number of nitrogens with zero attached hydrogens (tertiary/aromatic N) is 3. The van der Waals surface area contributed by atoms with E-state index in [-0.39, 0.29) is 0 Å². The van der Waals surface area contributed by atoms with E-state index < -0.39 is 0 Å². The van der Waals surface area contributed by atoms with Crippen LogP contribution in [0.5, 0.6) is 0 Å². The van der Waals surface area contributed by atoms with E-state index in [0.29, 0.717) is 5.82 Å². The molecule has 3 N–H and O–H groups in total. The zero-order chi connectivity index (χ0) is 13.4. The van der Waals surface area contributed by atoms with Crippen molar-refractivity contribution >= 4 is 27.4 Å². The second kappa shape index (κ2) is 5.03. The molecule has 0 aromatic carbocycles. The van der Waals surface area contributed by atoms with Crippen LogP contribution in [0.15, 0.2) is 0 Å². The quantitative estimate of drug-likeness (QED) is 0.866. The van der Waals surface area contributed by atoms with Crippen molar-refractivity contribution in [1.29, 1.82) is 0 Å². The maximum absolute atomic E-state index is 6.10. The van der Waals surface area contributed by atoms with Gasteiger partial charge in [0.15, 0.2) is 0 Å². The summed E-state index contributed by atoms with van der Waals surface area (Å²) in [6.45, 7) is 9.15. The molecule has 3 heterocycles.